The van der Waals surface area contributed by atoms with Gasteiger partial charge in [0, 0.05) is 30.3 Å². The molecule has 2 rings (SSSR count). The third-order valence-electron chi connectivity index (χ3n) is 5.13. The molecule has 6 nitrogen and oxygen atoms in total. The van der Waals surface area contributed by atoms with Crippen LogP contribution in [0.4, 0.5) is 11.4 Å². The van der Waals surface area contributed by atoms with Crippen molar-refractivity contribution in [3.05, 3.63) is 66.8 Å². The molecule has 0 spiro atoms. The number of anilines is 2. The lowest BCUT2D eigenvalue weighted by molar-refractivity contribution is -0.119. The molecule has 0 aromatic heterocycles. The molecular weight excluding hydrogens is 412 g/mol. The number of rotatable bonds is 8. The maximum Gasteiger partial charge on any atom is 0.236 e. The largest absolute Gasteiger partial charge is 0.398 e. The molecule has 0 heterocycles. The van der Waals surface area contributed by atoms with Crippen LogP contribution < -0.4 is 16.5 Å². The van der Waals surface area contributed by atoms with Crippen molar-refractivity contribution in [1.29, 1.82) is 0 Å². The molecule has 0 unspecified atom stereocenters. The molecule has 6 heteroatoms. The number of hydrogen-bond donors (Lipinski definition) is 3. The van der Waals surface area contributed by atoms with Gasteiger partial charge in [-0.2, -0.15) is 5.10 Å². The average molecular weight is 451 g/mol. The van der Waals surface area contributed by atoms with Crippen LogP contribution in [0.1, 0.15) is 64.9 Å². The van der Waals surface area contributed by atoms with Crippen LogP contribution >= 0.6 is 0 Å². The first kappa shape index (κ1) is 27.6. The minimum absolute atomic E-state index is 0.0325. The second kappa shape index (κ2) is 15.4. The van der Waals surface area contributed by atoms with Crippen molar-refractivity contribution < 1.29 is 9.59 Å². The van der Waals surface area contributed by atoms with Crippen molar-refractivity contribution in [2.75, 3.05) is 11.1 Å². The zero-order valence-corrected chi connectivity index (χ0v) is 20.2. The molecule has 2 amide bonds. The Hall–Kier alpha value is -3.41. The van der Waals surface area contributed by atoms with Gasteiger partial charge >= 0.3 is 0 Å². The number of hydrogen-bond acceptors (Lipinski definition) is 4. The highest BCUT2D eigenvalue weighted by Gasteiger charge is 2.17. The Balaban J connectivity index is 0.000000582. The van der Waals surface area contributed by atoms with E-state index < -0.39 is 0 Å². The fourth-order valence-corrected chi connectivity index (χ4v) is 3.57. The van der Waals surface area contributed by atoms with Crippen LogP contribution in [0.25, 0.3) is 5.57 Å². The van der Waals surface area contributed by atoms with E-state index in [2.05, 4.69) is 29.0 Å². The molecule has 178 valence electrons. The van der Waals surface area contributed by atoms with Gasteiger partial charge in [-0.05, 0) is 50.3 Å². The molecule has 33 heavy (non-hydrogen) atoms. The normalized spacial score (nSPS) is 14.5. The highest BCUT2D eigenvalue weighted by atomic mass is 16.2. The third kappa shape index (κ3) is 11.7. The number of carbonyl (C=O) groups is 2. The number of carbonyl (C=O) groups excluding carboxylic acids is 2. The molecule has 1 aliphatic carbocycles. The Morgan fingerprint density at radius 3 is 2.48 bits per heavy atom. The van der Waals surface area contributed by atoms with Gasteiger partial charge in [-0.3, -0.25) is 9.59 Å². The van der Waals surface area contributed by atoms with Gasteiger partial charge in [0.25, 0.3) is 0 Å². The number of hydrazone groups is 1. The van der Waals surface area contributed by atoms with Crippen LogP contribution in [0.2, 0.25) is 0 Å². The van der Waals surface area contributed by atoms with E-state index in [-0.39, 0.29) is 11.8 Å². The van der Waals surface area contributed by atoms with E-state index in [1.54, 1.807) is 24.3 Å². The number of nitrogen functional groups attached to an aromatic ring is 1. The summed E-state index contributed by atoms with van der Waals surface area (Å²) >= 11 is 0. The lowest BCUT2D eigenvalue weighted by Crippen LogP contribution is -2.18. The summed E-state index contributed by atoms with van der Waals surface area (Å²) in [5.74, 6) is 0.272. The Morgan fingerprint density at radius 2 is 1.91 bits per heavy atom. The van der Waals surface area contributed by atoms with Gasteiger partial charge in [-0.1, -0.05) is 68.4 Å². The maximum absolute atomic E-state index is 12.2. The fourth-order valence-electron chi connectivity index (χ4n) is 3.57. The summed E-state index contributed by atoms with van der Waals surface area (Å²) in [7, 11) is 0. The predicted molar refractivity (Wildman–Crippen MR) is 141 cm³/mol. The van der Waals surface area contributed by atoms with E-state index in [9.17, 15) is 9.59 Å². The zero-order chi connectivity index (χ0) is 24.6. The first-order chi connectivity index (χ1) is 15.8. The van der Waals surface area contributed by atoms with Crippen LogP contribution in [-0.4, -0.2) is 18.0 Å². The van der Waals surface area contributed by atoms with Crippen LogP contribution in [0.5, 0.6) is 0 Å². The van der Waals surface area contributed by atoms with Crippen molar-refractivity contribution in [3.63, 3.8) is 0 Å². The van der Waals surface area contributed by atoms with Crippen LogP contribution in [0.3, 0.4) is 0 Å². The predicted octanol–water partition coefficient (Wildman–Crippen LogP) is 6.01. The minimum atomic E-state index is -0.256. The van der Waals surface area contributed by atoms with Crippen molar-refractivity contribution >= 4 is 35.0 Å². The molecule has 1 aliphatic rings. The highest BCUT2D eigenvalue weighted by molar-refractivity contribution is 6.11. The van der Waals surface area contributed by atoms with Gasteiger partial charge in [0.15, 0.2) is 0 Å². The smallest absolute Gasteiger partial charge is 0.236 e. The molecule has 0 radical (unpaired) electrons. The Morgan fingerprint density at radius 1 is 1.21 bits per heavy atom. The molecular formula is C27H38N4O2. The van der Waals surface area contributed by atoms with Crippen molar-refractivity contribution in [3.8, 4) is 0 Å². The maximum atomic E-state index is 12.2. The number of allylic oxidation sites excluding steroid dienone is 6. The quantitative estimate of drug-likeness (QED) is 0.196. The van der Waals surface area contributed by atoms with Crippen LogP contribution in [0, 0.1) is 5.92 Å². The number of nitrogens with two attached hydrogens (primary N) is 1. The van der Waals surface area contributed by atoms with Crippen LogP contribution in [0.15, 0.2) is 66.3 Å². The molecule has 1 saturated carbocycles. The summed E-state index contributed by atoms with van der Waals surface area (Å²) in [5, 5.41) is 6.69. The van der Waals surface area contributed by atoms with E-state index in [1.807, 2.05) is 32.1 Å². The molecule has 0 saturated heterocycles. The molecule has 1 fully saturated rings. The lowest BCUT2D eigenvalue weighted by Gasteiger charge is -2.21. The Kier molecular flexibility index (Phi) is 12.9. The summed E-state index contributed by atoms with van der Waals surface area (Å²) in [6.45, 7) is 12.9. The monoisotopic (exact) mass is 450 g/mol. The van der Waals surface area contributed by atoms with Gasteiger partial charge < -0.3 is 11.1 Å². The molecule has 0 aliphatic heterocycles. The third-order valence-corrected chi connectivity index (χ3v) is 5.13. The SMILES string of the molecule is C=C(/C=N\NC(C)=O)c1ccc(NC(=O)CC2CCCCC2)cc1N.C=C/C=C(C)\C=C/C. The summed E-state index contributed by atoms with van der Waals surface area (Å²) in [6, 6.07) is 5.29. The summed E-state index contributed by atoms with van der Waals surface area (Å²) in [4.78, 5) is 23.0. The van der Waals surface area contributed by atoms with Gasteiger partial charge in [0.1, 0.15) is 0 Å². The number of nitrogens with zero attached hydrogens (tertiary/aromatic N) is 1. The average Bonchev–Trinajstić information content (AvgIpc) is 2.75. The second-order valence-electron chi connectivity index (χ2n) is 8.16. The molecule has 0 atom stereocenters. The Labute approximate surface area is 198 Å². The lowest BCUT2D eigenvalue weighted by atomic mass is 9.87. The van der Waals surface area contributed by atoms with Crippen molar-refractivity contribution in [2.24, 2.45) is 11.0 Å². The topological polar surface area (TPSA) is 96.6 Å². The summed E-state index contributed by atoms with van der Waals surface area (Å²) in [6.07, 6.45) is 15.8. The number of amides is 2. The number of nitrogens with one attached hydrogen (secondary N) is 2. The van der Waals surface area contributed by atoms with E-state index in [1.165, 1.54) is 38.0 Å². The fraction of sp³-hybridized carbons (Fsp3) is 0.370. The van der Waals surface area contributed by atoms with E-state index in [0.29, 0.717) is 34.9 Å². The van der Waals surface area contributed by atoms with Gasteiger partial charge in [-0.25, -0.2) is 5.43 Å². The van der Waals surface area contributed by atoms with Gasteiger partial charge in [0.2, 0.25) is 11.8 Å². The molecule has 4 N–H and O–H groups in total. The van der Waals surface area contributed by atoms with Crippen LogP contribution in [-0.2, 0) is 9.59 Å². The molecule has 0 bridgehead atoms. The highest BCUT2D eigenvalue weighted by Crippen LogP contribution is 2.27. The molecule has 1 aromatic carbocycles. The standard InChI is InChI=1S/C19H26N4O2.C8H12/c1-13(12-21-23-14(2)24)17-9-8-16(11-18(17)20)22-19(25)10-15-6-4-3-5-7-15;1-4-6-8(3)7-5-2/h8-9,11-12,15H,1,3-7,10,20H2,2H3,(H,22,25)(H,23,24);4-7H,1H2,2-3H3/b21-12-;7-5-,8-6-. The summed E-state index contributed by atoms with van der Waals surface area (Å²) in [5.41, 5.74) is 12.1. The zero-order valence-electron chi connectivity index (χ0n) is 20.2. The second-order valence-corrected chi connectivity index (χ2v) is 8.16. The van der Waals surface area contributed by atoms with Crippen molar-refractivity contribution in [2.45, 2.75) is 59.3 Å². The van der Waals surface area contributed by atoms with E-state index in [0.717, 1.165) is 12.8 Å². The minimum Gasteiger partial charge on any atom is -0.398 e. The first-order valence-corrected chi connectivity index (χ1v) is 11.4. The Bertz CT molecular complexity index is 907. The number of benzene rings is 1. The van der Waals surface area contributed by atoms with Crippen molar-refractivity contribution in [1.82, 2.24) is 5.43 Å². The van der Waals surface area contributed by atoms with Gasteiger partial charge in [-0.15, -0.1) is 0 Å². The first-order valence-electron chi connectivity index (χ1n) is 11.4. The van der Waals surface area contributed by atoms with Gasteiger partial charge in [0.05, 0.1) is 6.21 Å². The van der Waals surface area contributed by atoms with E-state index in [4.69, 9.17) is 5.73 Å². The van der Waals surface area contributed by atoms with E-state index >= 15 is 0 Å². The summed E-state index contributed by atoms with van der Waals surface area (Å²) < 4.78 is 0. The molecule has 1 aromatic rings.